The molecule has 0 radical (unpaired) electrons. The van der Waals surface area contributed by atoms with Gasteiger partial charge in [-0.05, 0) is 30.2 Å². The lowest BCUT2D eigenvalue weighted by atomic mass is 9.73. The van der Waals surface area contributed by atoms with Crippen LogP contribution in [0.25, 0.3) is 11.4 Å². The van der Waals surface area contributed by atoms with E-state index in [0.717, 1.165) is 11.1 Å². The average Bonchev–Trinajstić information content (AvgIpc) is 3.42. The highest BCUT2D eigenvalue weighted by Crippen LogP contribution is 2.43. The Hall–Kier alpha value is -3.18. The lowest BCUT2D eigenvalue weighted by Crippen LogP contribution is -2.40. The maximum atomic E-state index is 13.3. The Bertz CT molecular complexity index is 1260. The van der Waals surface area contributed by atoms with Crippen LogP contribution in [0, 0.1) is 0 Å². The second-order valence-electron chi connectivity index (χ2n) is 9.61. The lowest BCUT2D eigenvalue weighted by Gasteiger charge is -2.30. The largest absolute Gasteiger partial charge is 0.393 e. The van der Waals surface area contributed by atoms with Gasteiger partial charge >= 0.3 is 0 Å². The molecule has 0 aromatic carbocycles. The third-order valence-electron chi connectivity index (χ3n) is 6.52. The van der Waals surface area contributed by atoms with Gasteiger partial charge in [0.25, 0.3) is 0 Å². The number of carbonyl (C=O) groups is 2. The van der Waals surface area contributed by atoms with Crippen LogP contribution in [0.4, 0.5) is 5.95 Å². The monoisotopic (exact) mass is 481 g/mol. The molecule has 178 valence electrons. The number of carbonyl (C=O) groups excluding carboxylic acids is 2. The summed E-state index contributed by atoms with van der Waals surface area (Å²) in [6.07, 6.45) is 3.61. The standard InChI is InChI=1S/C23H27N7O3S/c1-23(2)9-12-10-25-22(24)27-19(12)21-18(23)20(28-29-21)15(32)8-16-26-13(11-34-16)7-17(33)30-5-3-14(31)4-6-30/h10-11,14,31H,3-9H2,1-2H3,(H,28,29)(H2,24,25,27). The minimum Gasteiger partial charge on any atom is -0.393 e. The molecule has 0 saturated carbocycles. The molecule has 0 atom stereocenters. The molecule has 5 rings (SSSR count). The molecule has 4 heterocycles. The second-order valence-corrected chi connectivity index (χ2v) is 10.5. The zero-order valence-corrected chi connectivity index (χ0v) is 20.0. The van der Waals surface area contributed by atoms with Crippen LogP contribution in [-0.4, -0.2) is 66.0 Å². The first kappa shape index (κ1) is 22.6. The Morgan fingerprint density at radius 1 is 1.24 bits per heavy atom. The van der Waals surface area contributed by atoms with Crippen molar-refractivity contribution in [1.82, 2.24) is 30.0 Å². The number of piperidine rings is 1. The Balaban J connectivity index is 1.32. The number of ketones is 1. The summed E-state index contributed by atoms with van der Waals surface area (Å²) in [7, 11) is 0. The van der Waals surface area contributed by atoms with Gasteiger partial charge in [0.15, 0.2) is 5.78 Å². The van der Waals surface area contributed by atoms with Crippen LogP contribution >= 0.6 is 11.3 Å². The van der Waals surface area contributed by atoms with Crippen molar-refractivity contribution in [3.8, 4) is 11.4 Å². The molecule has 2 aliphatic rings. The van der Waals surface area contributed by atoms with Crippen LogP contribution in [0.3, 0.4) is 0 Å². The van der Waals surface area contributed by atoms with E-state index in [2.05, 4.69) is 39.0 Å². The fourth-order valence-corrected chi connectivity index (χ4v) is 5.60. The van der Waals surface area contributed by atoms with E-state index in [4.69, 9.17) is 5.73 Å². The van der Waals surface area contributed by atoms with Crippen LogP contribution in [0.2, 0.25) is 0 Å². The van der Waals surface area contributed by atoms with Crippen molar-refractivity contribution in [2.45, 2.75) is 57.5 Å². The Labute approximate surface area is 200 Å². The molecule has 34 heavy (non-hydrogen) atoms. The highest BCUT2D eigenvalue weighted by molar-refractivity contribution is 7.09. The van der Waals surface area contributed by atoms with Gasteiger partial charge in [0.05, 0.1) is 30.3 Å². The molecule has 1 amide bonds. The third-order valence-corrected chi connectivity index (χ3v) is 7.42. The molecule has 10 nitrogen and oxygen atoms in total. The molecule has 3 aromatic rings. The first-order chi connectivity index (χ1) is 16.2. The van der Waals surface area contributed by atoms with Crippen LogP contribution in [0.5, 0.6) is 0 Å². The van der Waals surface area contributed by atoms with Crippen LogP contribution in [0.1, 0.15) is 59.0 Å². The van der Waals surface area contributed by atoms with Gasteiger partial charge in [-0.3, -0.25) is 14.7 Å². The number of anilines is 1. The fraction of sp³-hybridized carbons (Fsp3) is 0.478. The number of Topliss-reactive ketones (excluding diaryl/α,β-unsaturated/α-hetero) is 1. The molecule has 3 aromatic heterocycles. The van der Waals surface area contributed by atoms with Gasteiger partial charge in [0.2, 0.25) is 11.9 Å². The molecule has 0 spiro atoms. The quantitative estimate of drug-likeness (QED) is 0.466. The zero-order chi connectivity index (χ0) is 24.0. The number of nitrogens with zero attached hydrogens (tertiary/aromatic N) is 5. The summed E-state index contributed by atoms with van der Waals surface area (Å²) in [6.45, 7) is 5.28. The summed E-state index contributed by atoms with van der Waals surface area (Å²) < 4.78 is 0. The number of likely N-dealkylation sites (tertiary alicyclic amines) is 1. The summed E-state index contributed by atoms with van der Waals surface area (Å²) in [5.74, 6) is 0.0646. The number of fused-ring (bicyclic) bond motifs is 3. The van der Waals surface area contributed by atoms with Gasteiger partial charge in [0, 0.05) is 30.2 Å². The van der Waals surface area contributed by atoms with Crippen LogP contribution < -0.4 is 5.73 Å². The van der Waals surface area contributed by atoms with E-state index in [1.807, 2.05) is 5.38 Å². The summed E-state index contributed by atoms with van der Waals surface area (Å²) in [5, 5.41) is 19.5. The van der Waals surface area contributed by atoms with Gasteiger partial charge in [-0.2, -0.15) is 5.10 Å². The van der Waals surface area contributed by atoms with E-state index in [1.54, 1.807) is 11.1 Å². The van der Waals surface area contributed by atoms with Gasteiger partial charge < -0.3 is 15.7 Å². The molecule has 0 bridgehead atoms. The van der Waals surface area contributed by atoms with Gasteiger partial charge in [0.1, 0.15) is 16.4 Å². The van der Waals surface area contributed by atoms with E-state index in [0.29, 0.717) is 60.1 Å². The summed E-state index contributed by atoms with van der Waals surface area (Å²) in [6, 6.07) is 0. The van der Waals surface area contributed by atoms with E-state index in [-0.39, 0.29) is 42.0 Å². The molecule has 0 unspecified atom stereocenters. The normalized spacial score (nSPS) is 17.3. The number of aromatic nitrogens is 5. The van der Waals surface area contributed by atoms with Crippen LogP contribution in [-0.2, 0) is 29.5 Å². The topological polar surface area (TPSA) is 151 Å². The van der Waals surface area contributed by atoms with Crippen molar-refractivity contribution >= 4 is 29.0 Å². The van der Waals surface area contributed by atoms with Crippen molar-refractivity contribution in [1.29, 1.82) is 0 Å². The molecule has 11 heteroatoms. The smallest absolute Gasteiger partial charge is 0.228 e. The number of H-pyrrole nitrogens is 1. The summed E-state index contributed by atoms with van der Waals surface area (Å²) in [5.41, 5.74) is 9.68. The maximum absolute atomic E-state index is 13.3. The second kappa shape index (κ2) is 8.55. The van der Waals surface area contributed by atoms with Crippen molar-refractivity contribution in [3.63, 3.8) is 0 Å². The number of nitrogens with one attached hydrogen (secondary N) is 1. The Morgan fingerprint density at radius 3 is 2.76 bits per heavy atom. The fourth-order valence-electron chi connectivity index (χ4n) is 4.81. The molecule has 4 N–H and O–H groups in total. The van der Waals surface area contributed by atoms with E-state index in [1.165, 1.54) is 11.3 Å². The van der Waals surface area contributed by atoms with Gasteiger partial charge in [-0.15, -0.1) is 11.3 Å². The van der Waals surface area contributed by atoms with Crippen molar-refractivity contribution in [2.75, 3.05) is 18.8 Å². The number of aromatic amines is 1. The van der Waals surface area contributed by atoms with Crippen molar-refractivity contribution < 1.29 is 14.7 Å². The zero-order valence-electron chi connectivity index (χ0n) is 19.2. The number of aliphatic hydroxyl groups is 1. The number of nitrogen functional groups attached to an aromatic ring is 1. The number of aliphatic hydroxyl groups excluding tert-OH is 1. The number of thiazole rings is 1. The minimum absolute atomic E-state index is 0.000563. The summed E-state index contributed by atoms with van der Waals surface area (Å²) in [4.78, 5) is 40.6. The van der Waals surface area contributed by atoms with Crippen molar-refractivity contribution in [2.24, 2.45) is 0 Å². The average molecular weight is 482 g/mol. The predicted molar refractivity (Wildman–Crippen MR) is 126 cm³/mol. The number of rotatable bonds is 5. The third kappa shape index (κ3) is 4.21. The molecule has 1 saturated heterocycles. The number of amides is 1. The SMILES string of the molecule is CC1(C)Cc2cnc(N)nc2-c2n[nH]c(C(=O)Cc3nc(CC(=O)N4CCC(O)CC4)cs3)c21. The van der Waals surface area contributed by atoms with Gasteiger partial charge in [-0.1, -0.05) is 13.8 Å². The van der Waals surface area contributed by atoms with E-state index >= 15 is 0 Å². The minimum atomic E-state index is -0.331. The maximum Gasteiger partial charge on any atom is 0.228 e. The van der Waals surface area contributed by atoms with E-state index < -0.39 is 0 Å². The molecule has 1 aliphatic carbocycles. The predicted octanol–water partition coefficient (Wildman–Crippen LogP) is 1.69. The highest BCUT2D eigenvalue weighted by Gasteiger charge is 2.38. The summed E-state index contributed by atoms with van der Waals surface area (Å²) >= 11 is 1.38. The first-order valence-corrected chi connectivity index (χ1v) is 12.2. The Kier molecular flexibility index (Phi) is 5.68. The molecule has 1 fully saturated rings. The molecular formula is C23H27N7O3S. The van der Waals surface area contributed by atoms with Gasteiger partial charge in [-0.25, -0.2) is 15.0 Å². The van der Waals surface area contributed by atoms with E-state index in [9.17, 15) is 14.7 Å². The lowest BCUT2D eigenvalue weighted by molar-refractivity contribution is -0.132. The number of hydrogen-bond donors (Lipinski definition) is 3. The number of nitrogens with two attached hydrogens (primary N) is 1. The number of hydrogen-bond acceptors (Lipinski definition) is 9. The van der Waals surface area contributed by atoms with Crippen molar-refractivity contribution in [3.05, 3.63) is 39.1 Å². The Morgan fingerprint density at radius 2 is 2.00 bits per heavy atom. The highest BCUT2D eigenvalue weighted by atomic mass is 32.1. The first-order valence-electron chi connectivity index (χ1n) is 11.3. The van der Waals surface area contributed by atoms with Crippen LogP contribution in [0.15, 0.2) is 11.6 Å². The molecular weight excluding hydrogens is 454 g/mol. The molecule has 1 aliphatic heterocycles.